The maximum Gasteiger partial charge on any atom is 0.410 e. The quantitative estimate of drug-likeness (QED) is 0.0299. The summed E-state index contributed by atoms with van der Waals surface area (Å²) in [6.45, 7) is 22.9. The molecule has 3 amide bonds. The largest absolute Gasteiger partial charge is 0.478 e. The Morgan fingerprint density at radius 3 is 1.36 bits per heavy atom. The van der Waals surface area contributed by atoms with Crippen molar-refractivity contribution in [2.24, 2.45) is 52.5 Å². The summed E-state index contributed by atoms with van der Waals surface area (Å²) < 4.78 is 77.0. The minimum Gasteiger partial charge on any atom is -0.478 e. The number of anilines is 2. The van der Waals surface area contributed by atoms with Crippen LogP contribution in [0.25, 0.3) is 11.6 Å². The predicted octanol–water partition coefficient (Wildman–Crippen LogP) is 12.9. The minimum absolute atomic E-state index is 0.0276. The number of rotatable bonds is 27. The highest BCUT2D eigenvalue weighted by Crippen LogP contribution is 2.52. The molecule has 2 aliphatic heterocycles. The summed E-state index contributed by atoms with van der Waals surface area (Å²) in [6.07, 6.45) is 19.1. The molecule has 27 nitrogen and oxygen atoms in total. The number of nitrogens with two attached hydrogens (primary N) is 1. The first-order valence-corrected chi connectivity index (χ1v) is 39.2. The Morgan fingerprint density at radius 1 is 0.583 bits per heavy atom. The summed E-state index contributed by atoms with van der Waals surface area (Å²) in [5.41, 5.74) is -1.85. The highest BCUT2D eigenvalue weighted by atomic mass is 35.5. The van der Waals surface area contributed by atoms with E-state index in [1.165, 1.54) is 91.1 Å². The number of carbonyl (C=O) groups excluding carboxylic acids is 3. The number of aromatic carboxylic acids is 1. The van der Waals surface area contributed by atoms with Gasteiger partial charge < -0.3 is 44.5 Å². The molecule has 6 aliphatic rings. The van der Waals surface area contributed by atoms with Gasteiger partial charge in [0.05, 0.1) is 24.3 Å². The van der Waals surface area contributed by atoms with Gasteiger partial charge in [0, 0.05) is 61.8 Å². The number of aromatic nitrogens is 8. The Bertz CT molecular complexity index is 4200. The topological polar surface area (TPSA) is 350 Å². The van der Waals surface area contributed by atoms with Crippen molar-refractivity contribution in [1.82, 2.24) is 54.0 Å². The Kier molecular flexibility index (Phi) is 24.3. The number of likely N-dealkylation sites (tertiary alicyclic amines) is 2. The molecule has 560 valence electrons. The third kappa shape index (κ3) is 22.3. The van der Waals surface area contributed by atoms with Gasteiger partial charge >= 0.3 is 18.2 Å². The normalized spacial score (nSPS) is 18.7. The van der Waals surface area contributed by atoms with Gasteiger partial charge in [-0.25, -0.2) is 62.0 Å². The number of carbonyl (C=O) groups is 4. The fraction of sp³-hybridized carbons (Fsp3) is 0.583. The molecule has 6 aromatic rings. The van der Waals surface area contributed by atoms with Crippen molar-refractivity contribution in [3.63, 3.8) is 0 Å². The SMILES string of the molecule is CC(C)(C)OC(=O)N1CC(CCNc2cccc(S(=O)(=O)NC(=O)c3ccc(-n4ccc(OCCC(C5CC5)C5CC5)n4)nc3Cl)n2)CC1(C)C.CC(C)(C)OC(=O)N1CC(CCNc2cccc(S(N)(=O)=O)n2)CC1(C)C.O=C(O)c1ccc(-n2ccc(OCCC(C3CC3)C3CC3)n2)nc1Cl. The molecule has 31 heteroatoms. The van der Waals surface area contributed by atoms with Crippen LogP contribution >= 0.6 is 23.2 Å². The summed E-state index contributed by atoms with van der Waals surface area (Å²) in [7, 11) is -8.16. The summed E-state index contributed by atoms with van der Waals surface area (Å²) in [5.74, 6) is 6.28. The van der Waals surface area contributed by atoms with Gasteiger partial charge in [0.15, 0.2) is 21.7 Å². The Balaban J connectivity index is 0.000000184. The summed E-state index contributed by atoms with van der Waals surface area (Å²) >= 11 is 12.3. The number of primary sulfonamides is 1. The fourth-order valence-electron chi connectivity index (χ4n) is 13.7. The second-order valence-corrected chi connectivity index (χ2v) is 34.9. The van der Waals surface area contributed by atoms with Crippen LogP contribution in [0, 0.1) is 47.3 Å². The van der Waals surface area contributed by atoms with E-state index >= 15 is 0 Å². The molecule has 0 bridgehead atoms. The van der Waals surface area contributed by atoms with Crippen molar-refractivity contribution >= 4 is 78.9 Å². The van der Waals surface area contributed by atoms with Crippen molar-refractivity contribution in [2.75, 3.05) is 50.0 Å². The average molecular weight is 1500 g/mol. The molecule has 12 rings (SSSR count). The number of pyridine rings is 4. The second kappa shape index (κ2) is 32.2. The molecule has 4 saturated carbocycles. The Hall–Kier alpha value is -7.86. The molecule has 103 heavy (non-hydrogen) atoms. The van der Waals surface area contributed by atoms with Gasteiger partial charge in [-0.05, 0) is 255 Å². The van der Waals surface area contributed by atoms with Crippen LogP contribution in [0.2, 0.25) is 10.3 Å². The number of hydrogen-bond acceptors (Lipinski definition) is 20. The van der Waals surface area contributed by atoms with Crippen molar-refractivity contribution in [3.05, 3.63) is 107 Å². The van der Waals surface area contributed by atoms with E-state index in [4.69, 9.17) is 52.4 Å². The third-order valence-electron chi connectivity index (χ3n) is 19.2. The number of nitrogens with one attached hydrogen (secondary N) is 3. The Labute approximate surface area is 613 Å². The zero-order valence-corrected chi connectivity index (χ0v) is 63.5. The number of halogens is 2. The number of hydrogen-bond donors (Lipinski definition) is 5. The first-order chi connectivity index (χ1) is 48.5. The maximum atomic E-state index is 13.2. The summed E-state index contributed by atoms with van der Waals surface area (Å²) in [5, 5.41) is 28.4. The molecular formula is C72H98Cl2N14O13S2. The van der Waals surface area contributed by atoms with Crippen molar-refractivity contribution in [1.29, 1.82) is 0 Å². The van der Waals surface area contributed by atoms with Crippen molar-refractivity contribution in [2.45, 2.75) is 191 Å². The lowest BCUT2D eigenvalue weighted by Crippen LogP contribution is -2.45. The van der Waals surface area contributed by atoms with Crippen LogP contribution in [0.5, 0.6) is 11.8 Å². The lowest BCUT2D eigenvalue weighted by molar-refractivity contribution is 0.0118. The van der Waals surface area contributed by atoms with Gasteiger partial charge in [-0.15, -0.1) is 10.2 Å². The first-order valence-electron chi connectivity index (χ1n) is 35.4. The number of carboxylic acid groups (broad SMARTS) is 1. The zero-order chi connectivity index (χ0) is 74.4. The average Bonchev–Trinajstić information content (AvgIpc) is 1.55. The van der Waals surface area contributed by atoms with Crippen LogP contribution in [0.1, 0.15) is 180 Å². The number of sulfonamides is 2. The monoisotopic (exact) mass is 1500 g/mol. The van der Waals surface area contributed by atoms with E-state index in [2.05, 4.69) is 40.8 Å². The molecule has 0 aromatic carbocycles. The number of ether oxygens (including phenoxy) is 4. The van der Waals surface area contributed by atoms with E-state index in [0.717, 1.165) is 74.0 Å². The lowest BCUT2D eigenvalue weighted by atomic mass is 9.94. The highest BCUT2D eigenvalue weighted by molar-refractivity contribution is 7.90. The maximum absolute atomic E-state index is 13.2. The molecule has 4 aliphatic carbocycles. The first kappa shape index (κ1) is 77.7. The van der Waals surface area contributed by atoms with Crippen LogP contribution in [0.15, 0.2) is 95.2 Å². The van der Waals surface area contributed by atoms with E-state index in [1.807, 2.05) is 74.0 Å². The van der Waals surface area contributed by atoms with E-state index < -0.39 is 43.1 Å². The molecule has 6 fully saturated rings. The Morgan fingerprint density at radius 2 is 0.981 bits per heavy atom. The van der Waals surface area contributed by atoms with E-state index in [9.17, 15) is 36.0 Å². The van der Waals surface area contributed by atoms with Crippen LogP contribution in [0.3, 0.4) is 0 Å². The van der Waals surface area contributed by atoms with Gasteiger partial charge in [0.25, 0.3) is 26.0 Å². The van der Waals surface area contributed by atoms with Crippen LogP contribution in [-0.4, -0.2) is 157 Å². The zero-order valence-electron chi connectivity index (χ0n) is 60.3. The number of carboxylic acids is 1. The lowest BCUT2D eigenvalue weighted by Gasteiger charge is -2.33. The second-order valence-electron chi connectivity index (χ2n) is 31.0. The summed E-state index contributed by atoms with van der Waals surface area (Å²) in [4.78, 5) is 69.4. The van der Waals surface area contributed by atoms with Crippen LogP contribution in [0.4, 0.5) is 21.2 Å². The standard InChI is InChI=1S/C36H48ClN7O6S.C18H20ClN3O3.C18H30N4O4S/c1-35(2,3)50-34(46)43-22-23(21-36(43,4)5)15-18-38-28-7-6-8-31(39-28)51(47,48)42-33(45)27-13-14-29(40-32(27)37)44-19-16-30(41-44)49-20-17-26(24-9-10-24)25-11-12-25;19-17-14(18(23)24)5-6-15(20-17)22-9-7-16(21-22)25-10-8-13(11-1-2-11)12-3-4-12;1-17(2,3)26-16(23)22-12-13(11-18(22,4)5)9-10-20-14-7-6-8-15(21-14)27(19,24)25/h6-8,13-14,16,19,23-26H,9-12,15,17-18,20-22H2,1-5H3,(H,38,39)(H,42,45);5-7,9,11-13H,1-4,8,10H2,(H,23,24);6-8,13H,9-12H2,1-5H3,(H,20,21)(H2,19,24,25). The number of amides is 3. The van der Waals surface area contributed by atoms with E-state index in [-0.39, 0.29) is 60.7 Å². The number of nitrogens with zero attached hydrogens (tertiary/aromatic N) is 10. The van der Waals surface area contributed by atoms with Crippen molar-refractivity contribution in [3.8, 4) is 23.4 Å². The molecule has 2 atom stereocenters. The van der Waals surface area contributed by atoms with Crippen LogP contribution in [-0.2, 0) is 29.5 Å². The van der Waals surface area contributed by atoms with E-state index in [0.29, 0.717) is 80.3 Å². The van der Waals surface area contributed by atoms with E-state index in [1.54, 1.807) is 64.7 Å². The molecule has 6 aromatic heterocycles. The molecule has 2 unspecified atom stereocenters. The molecule has 0 spiro atoms. The molecule has 6 N–H and O–H groups in total. The minimum atomic E-state index is -4.34. The third-order valence-corrected chi connectivity index (χ3v) is 21.8. The van der Waals surface area contributed by atoms with Gasteiger partial charge in [0.1, 0.15) is 33.1 Å². The van der Waals surface area contributed by atoms with Gasteiger partial charge in [-0.3, -0.25) is 4.79 Å². The van der Waals surface area contributed by atoms with Crippen LogP contribution < -0.4 is 30.0 Å². The van der Waals surface area contributed by atoms with Gasteiger partial charge in [-0.2, -0.15) is 8.42 Å². The molecule has 2 saturated heterocycles. The van der Waals surface area contributed by atoms with Gasteiger partial charge in [0.2, 0.25) is 11.8 Å². The predicted molar refractivity (Wildman–Crippen MR) is 389 cm³/mol. The van der Waals surface area contributed by atoms with Gasteiger partial charge in [-0.1, -0.05) is 35.3 Å². The molecular weight excluding hydrogens is 1400 g/mol. The summed E-state index contributed by atoms with van der Waals surface area (Å²) in [6, 6.07) is 18.6. The molecule has 8 heterocycles. The molecule has 0 radical (unpaired) electrons. The fourth-order valence-corrected chi connectivity index (χ4v) is 15.6. The smallest absolute Gasteiger partial charge is 0.410 e. The van der Waals surface area contributed by atoms with Crippen molar-refractivity contribution < 1.29 is 60.1 Å². The highest BCUT2D eigenvalue weighted by Gasteiger charge is 2.45.